The van der Waals surface area contributed by atoms with Crippen molar-refractivity contribution >= 4 is 24.0 Å². The van der Waals surface area contributed by atoms with Crippen LogP contribution >= 0.6 is 0 Å². The summed E-state index contributed by atoms with van der Waals surface area (Å²) in [5.74, 6) is -2.19. The molecule has 0 radical (unpaired) electrons. The van der Waals surface area contributed by atoms with E-state index in [1.54, 1.807) is 24.3 Å². The fourth-order valence-corrected chi connectivity index (χ4v) is 1.88. The predicted octanol–water partition coefficient (Wildman–Crippen LogP) is 1.17. The average Bonchev–Trinajstić information content (AvgIpc) is 2.66. The molecule has 140 valence electrons. The molecule has 0 spiro atoms. The Morgan fingerprint density at radius 1 is 1.07 bits per heavy atom. The van der Waals surface area contributed by atoms with Gasteiger partial charge in [-0.25, -0.2) is 14.6 Å². The minimum Gasteiger partial charge on any atom is -0.482 e. The predicted molar refractivity (Wildman–Crippen MR) is 94.0 cm³/mol. The fraction of sp³-hybridized carbons (Fsp3) is 0.111. The van der Waals surface area contributed by atoms with Gasteiger partial charge in [0.25, 0.3) is 11.8 Å². The van der Waals surface area contributed by atoms with Gasteiger partial charge < -0.3 is 15.2 Å². The number of rotatable bonds is 8. The second kappa shape index (κ2) is 9.66. The summed E-state index contributed by atoms with van der Waals surface area (Å²) in [6.45, 7) is -0.733. The Morgan fingerprint density at radius 3 is 2.37 bits per heavy atom. The van der Waals surface area contributed by atoms with E-state index in [-0.39, 0.29) is 12.1 Å². The van der Waals surface area contributed by atoms with Gasteiger partial charge in [0, 0.05) is 5.56 Å². The number of hydrazone groups is 1. The van der Waals surface area contributed by atoms with Gasteiger partial charge in [0.15, 0.2) is 6.61 Å². The summed E-state index contributed by atoms with van der Waals surface area (Å²) in [6.07, 6.45) is 1.38. The van der Waals surface area contributed by atoms with Crippen molar-refractivity contribution in [1.29, 1.82) is 0 Å². The smallest absolute Gasteiger partial charge is 0.341 e. The molecule has 2 rings (SSSR count). The Kier molecular flexibility index (Phi) is 7.00. The Bertz CT molecular complexity index is 835. The van der Waals surface area contributed by atoms with Gasteiger partial charge in [0.05, 0.1) is 12.8 Å². The van der Waals surface area contributed by atoms with Crippen molar-refractivity contribution in [2.45, 2.75) is 0 Å². The second-order valence-electron chi connectivity index (χ2n) is 5.23. The number of aliphatic carboxylic acids is 1. The average molecular weight is 373 g/mol. The van der Waals surface area contributed by atoms with Crippen LogP contribution in [0.15, 0.2) is 53.6 Å². The second-order valence-corrected chi connectivity index (χ2v) is 5.23. The van der Waals surface area contributed by atoms with E-state index < -0.39 is 30.2 Å². The molecule has 0 fully saturated rings. The van der Waals surface area contributed by atoms with Crippen LogP contribution in [0.5, 0.6) is 5.75 Å². The van der Waals surface area contributed by atoms with Gasteiger partial charge >= 0.3 is 5.97 Å². The van der Waals surface area contributed by atoms with Gasteiger partial charge in [-0.1, -0.05) is 0 Å². The number of amides is 2. The molecular weight excluding hydrogens is 357 g/mol. The van der Waals surface area contributed by atoms with Crippen LogP contribution in [-0.2, 0) is 9.59 Å². The van der Waals surface area contributed by atoms with Gasteiger partial charge in [-0.3, -0.25) is 9.59 Å². The number of hydrogen-bond acceptors (Lipinski definition) is 5. The molecule has 0 saturated carbocycles. The van der Waals surface area contributed by atoms with Crippen LogP contribution in [0.3, 0.4) is 0 Å². The van der Waals surface area contributed by atoms with Crippen LogP contribution in [0.25, 0.3) is 0 Å². The quantitative estimate of drug-likeness (QED) is 0.474. The molecule has 0 aliphatic carbocycles. The van der Waals surface area contributed by atoms with E-state index in [9.17, 15) is 18.8 Å². The van der Waals surface area contributed by atoms with E-state index in [1.165, 1.54) is 18.3 Å². The highest BCUT2D eigenvalue weighted by Gasteiger charge is 2.07. The summed E-state index contributed by atoms with van der Waals surface area (Å²) in [7, 11) is 0. The Balaban J connectivity index is 1.75. The summed E-state index contributed by atoms with van der Waals surface area (Å²) >= 11 is 0. The maximum absolute atomic E-state index is 12.8. The van der Waals surface area contributed by atoms with Crippen LogP contribution in [0.1, 0.15) is 15.9 Å². The number of carbonyl (C=O) groups excluding carboxylic acids is 2. The number of nitrogens with one attached hydrogen (secondary N) is 2. The van der Waals surface area contributed by atoms with Crippen molar-refractivity contribution in [3.8, 4) is 5.75 Å². The van der Waals surface area contributed by atoms with Gasteiger partial charge in [0.1, 0.15) is 11.6 Å². The number of benzene rings is 2. The molecular formula is C18H16FN3O5. The largest absolute Gasteiger partial charge is 0.482 e. The minimum atomic E-state index is -1.07. The third-order valence-corrected chi connectivity index (χ3v) is 3.16. The van der Waals surface area contributed by atoms with Crippen molar-refractivity contribution < 1.29 is 28.6 Å². The Labute approximate surface area is 153 Å². The SMILES string of the molecule is O=C(O)COc1ccc(C=NNC(=O)CNC(=O)c2ccc(F)cc2)cc1. The fourth-order valence-electron chi connectivity index (χ4n) is 1.88. The monoisotopic (exact) mass is 373 g/mol. The lowest BCUT2D eigenvalue weighted by Crippen LogP contribution is -2.34. The molecule has 0 aliphatic heterocycles. The van der Waals surface area contributed by atoms with Crippen molar-refractivity contribution in [2.24, 2.45) is 5.10 Å². The Hall–Kier alpha value is -3.75. The van der Waals surface area contributed by atoms with Gasteiger partial charge in [0.2, 0.25) is 0 Å². The molecule has 0 bridgehead atoms. The maximum Gasteiger partial charge on any atom is 0.341 e. The molecule has 8 nitrogen and oxygen atoms in total. The first kappa shape index (κ1) is 19.6. The standard InChI is InChI=1S/C18H16FN3O5/c19-14-5-3-13(4-6-14)18(26)20-10-16(23)22-21-9-12-1-7-15(8-2-12)27-11-17(24)25/h1-9H,10-11H2,(H,20,26)(H,22,23)(H,24,25). The molecule has 0 aliphatic rings. The van der Waals surface area contributed by atoms with Crippen molar-refractivity contribution in [3.05, 3.63) is 65.5 Å². The lowest BCUT2D eigenvalue weighted by atomic mass is 10.2. The van der Waals surface area contributed by atoms with Crippen molar-refractivity contribution in [1.82, 2.24) is 10.7 Å². The van der Waals surface area contributed by atoms with E-state index in [4.69, 9.17) is 9.84 Å². The summed E-state index contributed by atoms with van der Waals surface area (Å²) < 4.78 is 17.8. The van der Waals surface area contributed by atoms with Crippen LogP contribution < -0.4 is 15.5 Å². The highest BCUT2D eigenvalue weighted by Crippen LogP contribution is 2.10. The first-order valence-electron chi connectivity index (χ1n) is 7.74. The molecule has 27 heavy (non-hydrogen) atoms. The van der Waals surface area contributed by atoms with Gasteiger partial charge in [-0.2, -0.15) is 5.10 Å². The molecule has 0 aromatic heterocycles. The van der Waals surface area contributed by atoms with Crippen LogP contribution in [0, 0.1) is 5.82 Å². The third kappa shape index (κ3) is 6.94. The maximum atomic E-state index is 12.8. The zero-order valence-corrected chi connectivity index (χ0v) is 14.0. The van der Waals surface area contributed by atoms with E-state index in [0.717, 1.165) is 12.1 Å². The topological polar surface area (TPSA) is 117 Å². The molecule has 0 saturated heterocycles. The zero-order chi connectivity index (χ0) is 19.6. The minimum absolute atomic E-state index is 0.234. The molecule has 2 amide bonds. The van der Waals surface area contributed by atoms with E-state index >= 15 is 0 Å². The number of halogens is 1. The Morgan fingerprint density at radius 2 is 1.74 bits per heavy atom. The molecule has 0 atom stereocenters. The summed E-state index contributed by atoms with van der Waals surface area (Å²) in [4.78, 5) is 33.8. The van der Waals surface area contributed by atoms with Crippen molar-refractivity contribution in [2.75, 3.05) is 13.2 Å². The lowest BCUT2D eigenvalue weighted by molar-refractivity contribution is -0.139. The van der Waals surface area contributed by atoms with Crippen LogP contribution in [0.2, 0.25) is 0 Å². The first-order valence-corrected chi connectivity index (χ1v) is 7.74. The van der Waals surface area contributed by atoms with Gasteiger partial charge in [-0.05, 0) is 54.1 Å². The van der Waals surface area contributed by atoms with E-state index in [1.807, 2.05) is 0 Å². The van der Waals surface area contributed by atoms with Gasteiger partial charge in [-0.15, -0.1) is 0 Å². The van der Waals surface area contributed by atoms with Crippen LogP contribution in [0.4, 0.5) is 4.39 Å². The summed E-state index contributed by atoms with van der Waals surface area (Å²) in [6, 6.07) is 11.3. The number of carboxylic acid groups (broad SMARTS) is 1. The third-order valence-electron chi connectivity index (χ3n) is 3.16. The van der Waals surface area contributed by atoms with E-state index in [2.05, 4.69) is 15.8 Å². The highest BCUT2D eigenvalue weighted by molar-refractivity contribution is 5.96. The lowest BCUT2D eigenvalue weighted by Gasteiger charge is -2.04. The first-order chi connectivity index (χ1) is 12.9. The molecule has 0 unspecified atom stereocenters. The highest BCUT2D eigenvalue weighted by atomic mass is 19.1. The molecule has 2 aromatic rings. The van der Waals surface area contributed by atoms with E-state index in [0.29, 0.717) is 11.3 Å². The number of carbonyl (C=O) groups is 3. The molecule has 3 N–H and O–H groups in total. The zero-order valence-electron chi connectivity index (χ0n) is 14.0. The normalized spacial score (nSPS) is 10.4. The molecule has 0 heterocycles. The molecule has 2 aromatic carbocycles. The number of nitrogens with zero attached hydrogens (tertiary/aromatic N) is 1. The molecule has 9 heteroatoms. The summed E-state index contributed by atoms with van der Waals surface area (Å²) in [5, 5.41) is 14.7. The van der Waals surface area contributed by atoms with Crippen molar-refractivity contribution in [3.63, 3.8) is 0 Å². The summed E-state index contributed by atoms with van der Waals surface area (Å²) in [5.41, 5.74) is 3.13. The number of ether oxygens (including phenoxy) is 1. The number of carboxylic acids is 1. The van der Waals surface area contributed by atoms with Crippen LogP contribution in [-0.4, -0.2) is 42.3 Å². The number of hydrogen-bond donors (Lipinski definition) is 3.